The first-order valence-electron chi connectivity index (χ1n) is 5.53. The van der Waals surface area contributed by atoms with Crippen molar-refractivity contribution in [3.05, 3.63) is 21.9 Å². The van der Waals surface area contributed by atoms with Gasteiger partial charge in [-0.3, -0.25) is 4.79 Å². The lowest BCUT2D eigenvalue weighted by molar-refractivity contribution is 0.0797. The average Bonchev–Trinajstić information content (AvgIpc) is 2.70. The van der Waals surface area contributed by atoms with Crippen LogP contribution < -0.4 is 0 Å². The van der Waals surface area contributed by atoms with E-state index < -0.39 is 0 Å². The predicted octanol–water partition coefficient (Wildman–Crippen LogP) is 3.54. The number of nitrogens with zero attached hydrogens (tertiary/aromatic N) is 1. The van der Waals surface area contributed by atoms with Crippen molar-refractivity contribution in [1.82, 2.24) is 4.90 Å². The molecule has 0 aliphatic heterocycles. The number of rotatable bonds is 6. The van der Waals surface area contributed by atoms with Crippen LogP contribution in [0, 0.1) is 6.92 Å². The summed E-state index contributed by atoms with van der Waals surface area (Å²) in [6.07, 6.45) is 3.14. The van der Waals surface area contributed by atoms with Gasteiger partial charge in [-0.2, -0.15) is 0 Å². The predicted molar refractivity (Wildman–Crippen MR) is 70.6 cm³/mol. The molecule has 1 heterocycles. The molecule has 0 aromatic carbocycles. The van der Waals surface area contributed by atoms with Crippen molar-refractivity contribution in [2.24, 2.45) is 0 Å². The fourth-order valence-corrected chi connectivity index (χ4v) is 2.51. The quantitative estimate of drug-likeness (QED) is 0.565. The zero-order valence-electron chi connectivity index (χ0n) is 9.83. The molecule has 0 radical (unpaired) electrons. The Morgan fingerprint density at radius 3 is 2.69 bits per heavy atom. The lowest BCUT2D eigenvalue weighted by Crippen LogP contribution is -2.26. The van der Waals surface area contributed by atoms with Gasteiger partial charge >= 0.3 is 0 Å². The van der Waals surface area contributed by atoms with E-state index in [-0.39, 0.29) is 5.91 Å². The smallest absolute Gasteiger partial charge is 0.263 e. The van der Waals surface area contributed by atoms with E-state index in [9.17, 15) is 4.79 Å². The number of carbonyl (C=O) groups is 1. The van der Waals surface area contributed by atoms with Crippen LogP contribution in [0.3, 0.4) is 0 Å². The second kappa shape index (κ2) is 6.92. The van der Waals surface area contributed by atoms with Crippen LogP contribution >= 0.6 is 22.9 Å². The molecule has 0 bridgehead atoms. The third-order valence-corrected chi connectivity index (χ3v) is 3.68. The molecule has 90 valence electrons. The number of halogens is 1. The topological polar surface area (TPSA) is 20.3 Å². The van der Waals surface area contributed by atoms with Gasteiger partial charge in [0.25, 0.3) is 5.91 Å². The molecule has 1 amide bonds. The fraction of sp³-hybridized carbons (Fsp3) is 0.583. The zero-order chi connectivity index (χ0) is 12.0. The average molecular weight is 260 g/mol. The molecule has 1 aromatic heterocycles. The van der Waals surface area contributed by atoms with Crippen LogP contribution in [0.4, 0.5) is 0 Å². The molecular weight excluding hydrogens is 242 g/mol. The van der Waals surface area contributed by atoms with Gasteiger partial charge < -0.3 is 4.90 Å². The Balaban J connectivity index is 2.36. The molecule has 1 aromatic rings. The largest absolute Gasteiger partial charge is 0.341 e. The Bertz CT molecular complexity index is 338. The SMILES string of the molecule is Cc1ccc(C(=O)N(C)CCCCCCl)s1. The maximum atomic E-state index is 11.9. The summed E-state index contributed by atoms with van der Waals surface area (Å²) < 4.78 is 0. The third-order valence-electron chi connectivity index (χ3n) is 2.42. The summed E-state index contributed by atoms with van der Waals surface area (Å²) in [5.41, 5.74) is 0. The van der Waals surface area contributed by atoms with E-state index in [1.165, 1.54) is 4.88 Å². The Morgan fingerprint density at radius 1 is 1.38 bits per heavy atom. The molecule has 2 nitrogen and oxygen atoms in total. The summed E-state index contributed by atoms with van der Waals surface area (Å²) in [5, 5.41) is 0. The summed E-state index contributed by atoms with van der Waals surface area (Å²) in [4.78, 5) is 15.7. The number of hydrogen-bond acceptors (Lipinski definition) is 2. The van der Waals surface area contributed by atoms with E-state index in [1.54, 1.807) is 16.2 Å². The molecule has 0 fully saturated rings. The fourth-order valence-electron chi connectivity index (χ4n) is 1.46. The molecule has 16 heavy (non-hydrogen) atoms. The third kappa shape index (κ3) is 4.14. The van der Waals surface area contributed by atoms with Gasteiger partial charge in [0.15, 0.2) is 0 Å². The van der Waals surface area contributed by atoms with Crippen LogP contribution in [0.1, 0.15) is 33.8 Å². The van der Waals surface area contributed by atoms with E-state index in [4.69, 9.17) is 11.6 Å². The number of amides is 1. The second-order valence-electron chi connectivity index (χ2n) is 3.89. The first-order valence-corrected chi connectivity index (χ1v) is 6.88. The van der Waals surface area contributed by atoms with Crippen molar-refractivity contribution in [3.63, 3.8) is 0 Å². The minimum atomic E-state index is 0.129. The highest BCUT2D eigenvalue weighted by atomic mass is 35.5. The van der Waals surface area contributed by atoms with Crippen molar-refractivity contribution in [2.75, 3.05) is 19.5 Å². The van der Waals surface area contributed by atoms with E-state index >= 15 is 0 Å². The monoisotopic (exact) mass is 259 g/mol. The number of alkyl halides is 1. The van der Waals surface area contributed by atoms with Gasteiger partial charge in [0.2, 0.25) is 0 Å². The first kappa shape index (κ1) is 13.5. The number of thiophene rings is 1. The maximum absolute atomic E-state index is 11.9. The lowest BCUT2D eigenvalue weighted by Gasteiger charge is -2.15. The summed E-state index contributed by atoms with van der Waals surface area (Å²) in [6, 6.07) is 3.89. The van der Waals surface area contributed by atoms with E-state index in [0.29, 0.717) is 5.88 Å². The number of hydrogen-bond donors (Lipinski definition) is 0. The molecule has 0 N–H and O–H groups in total. The van der Waals surface area contributed by atoms with Crippen molar-refractivity contribution in [1.29, 1.82) is 0 Å². The number of unbranched alkanes of at least 4 members (excludes halogenated alkanes) is 2. The van der Waals surface area contributed by atoms with Gasteiger partial charge in [-0.15, -0.1) is 22.9 Å². The van der Waals surface area contributed by atoms with Gasteiger partial charge in [0, 0.05) is 24.3 Å². The lowest BCUT2D eigenvalue weighted by atomic mass is 10.2. The zero-order valence-corrected chi connectivity index (χ0v) is 11.4. The van der Waals surface area contributed by atoms with Crippen molar-refractivity contribution >= 4 is 28.8 Å². The van der Waals surface area contributed by atoms with Crippen molar-refractivity contribution < 1.29 is 4.79 Å². The van der Waals surface area contributed by atoms with Crippen molar-refractivity contribution in [3.8, 4) is 0 Å². The normalized spacial score (nSPS) is 10.4. The Kier molecular flexibility index (Phi) is 5.85. The molecule has 1 rings (SSSR count). The molecular formula is C12H18ClNOS. The van der Waals surface area contributed by atoms with Crippen molar-refractivity contribution in [2.45, 2.75) is 26.2 Å². The molecule has 0 aliphatic rings. The Morgan fingerprint density at radius 2 is 2.12 bits per heavy atom. The first-order chi connectivity index (χ1) is 7.65. The van der Waals surface area contributed by atoms with E-state index in [2.05, 4.69) is 0 Å². The van der Waals surface area contributed by atoms with Crippen LogP contribution in [0.2, 0.25) is 0 Å². The molecule has 0 unspecified atom stereocenters. The minimum absolute atomic E-state index is 0.129. The Labute approximate surface area is 106 Å². The molecule has 0 atom stereocenters. The van der Waals surface area contributed by atoms with Gasteiger partial charge in [-0.25, -0.2) is 0 Å². The van der Waals surface area contributed by atoms with Crippen LogP contribution in [0.15, 0.2) is 12.1 Å². The molecule has 4 heteroatoms. The minimum Gasteiger partial charge on any atom is -0.341 e. The van der Waals surface area contributed by atoms with Gasteiger partial charge in [-0.1, -0.05) is 6.42 Å². The maximum Gasteiger partial charge on any atom is 0.263 e. The van der Waals surface area contributed by atoms with Gasteiger partial charge in [-0.05, 0) is 31.9 Å². The summed E-state index contributed by atoms with van der Waals surface area (Å²) in [7, 11) is 1.86. The van der Waals surface area contributed by atoms with Gasteiger partial charge in [0.05, 0.1) is 4.88 Å². The van der Waals surface area contributed by atoms with Crippen LogP contribution in [-0.4, -0.2) is 30.3 Å². The van der Waals surface area contributed by atoms with Crippen LogP contribution in [0.25, 0.3) is 0 Å². The highest BCUT2D eigenvalue weighted by Gasteiger charge is 2.12. The summed E-state index contributed by atoms with van der Waals surface area (Å²) in [6.45, 7) is 2.83. The van der Waals surface area contributed by atoms with E-state index in [0.717, 1.165) is 30.7 Å². The van der Waals surface area contributed by atoms with E-state index in [1.807, 2.05) is 26.1 Å². The highest BCUT2D eigenvalue weighted by molar-refractivity contribution is 7.13. The summed E-state index contributed by atoms with van der Waals surface area (Å²) >= 11 is 7.15. The molecule has 0 saturated heterocycles. The van der Waals surface area contributed by atoms with Crippen LogP contribution in [0.5, 0.6) is 0 Å². The summed E-state index contributed by atoms with van der Waals surface area (Å²) in [5.74, 6) is 0.839. The van der Waals surface area contributed by atoms with Gasteiger partial charge in [0.1, 0.15) is 0 Å². The molecule has 0 saturated carbocycles. The molecule has 0 aliphatic carbocycles. The highest BCUT2D eigenvalue weighted by Crippen LogP contribution is 2.16. The molecule has 0 spiro atoms. The Hall–Kier alpha value is -0.540. The number of aryl methyl sites for hydroxylation is 1. The standard InChI is InChI=1S/C12H18ClNOS/c1-10-6-7-11(16-10)12(15)14(2)9-5-3-4-8-13/h6-7H,3-5,8-9H2,1-2H3. The van der Waals surface area contributed by atoms with Crippen LogP contribution in [-0.2, 0) is 0 Å². The second-order valence-corrected chi connectivity index (χ2v) is 5.55. The number of carbonyl (C=O) groups excluding carboxylic acids is 1.